The fraction of sp³-hybridized carbons (Fsp3) is 0.649. The molecule has 2 aromatic rings. The standard InChI is InChI=1S/C57H89N7O13/c1-52(2,3)72-44(65)38-43(60-47(66)73-53(4,5)6)58-30-23-21-19-20-22-24-32-63(50(69)76-56(13,14)15)46(61-48(67)74-54(7,8)9)64(51(70)77-57(16,17)18)34-35-71-42-29-28-39-36-41(27-26-40(39)37-42)45-59-31-25-33-62(45)49(68)75-55(10,11)12/h26-29,36-38,58H,19-25,30-35H2,1-18H3,(H,60,66)/b43-38-,61-46-. The predicted molar refractivity (Wildman–Crippen MR) is 297 cm³/mol. The maximum Gasteiger partial charge on any atom is 0.437 e. The fourth-order valence-corrected chi connectivity index (χ4v) is 7.19. The van der Waals surface area contributed by atoms with Gasteiger partial charge in [0.15, 0.2) is 0 Å². The number of hydrogen-bond acceptors (Lipinski definition) is 15. The molecule has 20 nitrogen and oxygen atoms in total. The maximum atomic E-state index is 14.3. The van der Waals surface area contributed by atoms with Crippen LogP contribution in [0.15, 0.2) is 58.3 Å². The number of nitrogens with zero attached hydrogens (tertiary/aromatic N) is 5. The van der Waals surface area contributed by atoms with Gasteiger partial charge in [-0.1, -0.05) is 43.9 Å². The van der Waals surface area contributed by atoms with Crippen molar-refractivity contribution in [3.8, 4) is 5.75 Å². The molecule has 77 heavy (non-hydrogen) atoms. The number of amidine groups is 1. The van der Waals surface area contributed by atoms with Gasteiger partial charge in [0.2, 0.25) is 5.96 Å². The molecule has 20 heteroatoms. The number of carbonyl (C=O) groups is 6. The largest absolute Gasteiger partial charge is 0.492 e. The van der Waals surface area contributed by atoms with E-state index in [-0.39, 0.29) is 31.5 Å². The Morgan fingerprint density at radius 3 is 1.70 bits per heavy atom. The van der Waals surface area contributed by atoms with E-state index in [0.717, 1.165) is 51.8 Å². The van der Waals surface area contributed by atoms with Crippen molar-refractivity contribution in [2.45, 2.75) is 203 Å². The zero-order valence-corrected chi connectivity index (χ0v) is 49.3. The van der Waals surface area contributed by atoms with Crippen molar-refractivity contribution >= 4 is 59.0 Å². The molecular formula is C57H89N7O13. The molecule has 0 aliphatic carbocycles. The first-order valence-electron chi connectivity index (χ1n) is 26.6. The first-order chi connectivity index (χ1) is 35.4. The molecule has 0 aromatic heterocycles. The minimum Gasteiger partial charge on any atom is -0.492 e. The van der Waals surface area contributed by atoms with Crippen LogP contribution in [-0.2, 0) is 33.2 Å². The first-order valence-corrected chi connectivity index (χ1v) is 26.6. The van der Waals surface area contributed by atoms with E-state index >= 15 is 0 Å². The summed E-state index contributed by atoms with van der Waals surface area (Å²) in [4.78, 5) is 93.2. The fourth-order valence-electron chi connectivity index (χ4n) is 7.19. The Morgan fingerprint density at radius 1 is 0.610 bits per heavy atom. The summed E-state index contributed by atoms with van der Waals surface area (Å²) in [6, 6.07) is 11.3. The van der Waals surface area contributed by atoms with Crippen LogP contribution in [0.25, 0.3) is 10.8 Å². The summed E-state index contributed by atoms with van der Waals surface area (Å²) in [7, 11) is 0. The Labute approximate surface area is 457 Å². The molecule has 0 saturated heterocycles. The van der Waals surface area contributed by atoms with Crippen molar-refractivity contribution < 1.29 is 61.9 Å². The van der Waals surface area contributed by atoms with Gasteiger partial charge in [-0.2, -0.15) is 0 Å². The molecule has 0 radical (unpaired) electrons. The predicted octanol–water partition coefficient (Wildman–Crippen LogP) is 12.0. The van der Waals surface area contributed by atoms with Crippen LogP contribution in [0.3, 0.4) is 0 Å². The monoisotopic (exact) mass is 1080 g/mol. The van der Waals surface area contributed by atoms with Crippen LogP contribution in [0.5, 0.6) is 5.75 Å². The van der Waals surface area contributed by atoms with Gasteiger partial charge in [-0.15, -0.1) is 4.99 Å². The number of alkyl carbamates (subject to hydrolysis) is 1. The molecule has 1 aliphatic rings. The van der Waals surface area contributed by atoms with E-state index in [0.29, 0.717) is 50.5 Å². The van der Waals surface area contributed by atoms with Crippen molar-refractivity contribution in [3.05, 3.63) is 53.9 Å². The Balaban J connectivity index is 1.85. The molecule has 1 heterocycles. The number of benzene rings is 2. The molecule has 0 atom stereocenters. The minimum atomic E-state index is -1.04. The summed E-state index contributed by atoms with van der Waals surface area (Å²) in [6.45, 7) is 32.3. The number of aliphatic imine (C=N–C) groups is 2. The van der Waals surface area contributed by atoms with Gasteiger partial charge in [-0.05, 0) is 173 Å². The summed E-state index contributed by atoms with van der Waals surface area (Å²) in [6.07, 6.45) is 2.05. The van der Waals surface area contributed by atoms with E-state index in [1.165, 1.54) is 6.08 Å². The molecular weight excluding hydrogens is 991 g/mol. The van der Waals surface area contributed by atoms with Crippen molar-refractivity contribution in [1.29, 1.82) is 0 Å². The topological polar surface area (TPSA) is 226 Å². The lowest BCUT2D eigenvalue weighted by atomic mass is 10.0. The number of guanidine groups is 1. The average Bonchev–Trinajstić information content (AvgIpc) is 3.24. The highest BCUT2D eigenvalue weighted by molar-refractivity contribution is 6.09. The SMILES string of the molecule is CC(C)(C)OC(=O)/C=C(/NCCCCCCCCN(C(=O)OC(C)(C)C)/C(=N/C(=O)OC(C)(C)C)N(CCOc1ccc2cc(C3=NCCCN3C(=O)OC(C)(C)C)ccc2c1)C(=O)OC(C)(C)C)NC(=O)OC(C)(C)C. The number of hydrogen-bond donors (Lipinski definition) is 2. The van der Waals surface area contributed by atoms with E-state index in [4.69, 9.17) is 33.2 Å². The number of ether oxygens (including phenoxy) is 7. The summed E-state index contributed by atoms with van der Waals surface area (Å²) >= 11 is 0. The van der Waals surface area contributed by atoms with Crippen LogP contribution in [0.2, 0.25) is 0 Å². The van der Waals surface area contributed by atoms with Gasteiger partial charge in [0.05, 0.1) is 12.6 Å². The average molecular weight is 1080 g/mol. The second-order valence-corrected chi connectivity index (χ2v) is 24.7. The highest BCUT2D eigenvalue weighted by Gasteiger charge is 2.36. The lowest BCUT2D eigenvalue weighted by Gasteiger charge is -2.34. The maximum absolute atomic E-state index is 14.3. The molecule has 0 spiro atoms. The van der Waals surface area contributed by atoms with Crippen LogP contribution < -0.4 is 15.4 Å². The summed E-state index contributed by atoms with van der Waals surface area (Å²) < 4.78 is 40.0. The number of carbonyl (C=O) groups excluding carboxylic acids is 6. The number of rotatable bonds is 17. The molecule has 0 fully saturated rings. The van der Waals surface area contributed by atoms with E-state index in [1.807, 2.05) is 51.1 Å². The number of esters is 1. The molecule has 5 amide bonds. The Bertz CT molecular complexity index is 2440. The smallest absolute Gasteiger partial charge is 0.437 e. The van der Waals surface area contributed by atoms with E-state index in [9.17, 15) is 28.8 Å². The molecule has 2 N–H and O–H groups in total. The molecule has 0 unspecified atom stereocenters. The van der Waals surface area contributed by atoms with Crippen LogP contribution >= 0.6 is 0 Å². The molecule has 3 rings (SSSR count). The quantitative estimate of drug-likeness (QED) is 0.0375. The van der Waals surface area contributed by atoms with Gasteiger partial charge in [0.25, 0.3) is 0 Å². The molecule has 1 aliphatic heterocycles. The summed E-state index contributed by atoms with van der Waals surface area (Å²) in [5, 5.41) is 7.40. The number of nitrogens with one attached hydrogen (secondary N) is 2. The van der Waals surface area contributed by atoms with Crippen LogP contribution in [0, 0.1) is 0 Å². The van der Waals surface area contributed by atoms with E-state index < -0.39 is 70.0 Å². The van der Waals surface area contributed by atoms with E-state index in [2.05, 4.69) is 20.6 Å². The molecule has 430 valence electrons. The minimum absolute atomic E-state index is 0.00201. The third-order valence-electron chi connectivity index (χ3n) is 10.0. The van der Waals surface area contributed by atoms with Crippen molar-refractivity contribution in [1.82, 2.24) is 25.3 Å². The van der Waals surface area contributed by atoms with Crippen LogP contribution in [-0.4, -0.2) is 136 Å². The highest BCUT2D eigenvalue weighted by Crippen LogP contribution is 2.26. The van der Waals surface area contributed by atoms with Gasteiger partial charge in [-0.3, -0.25) is 15.2 Å². The van der Waals surface area contributed by atoms with Gasteiger partial charge in [0.1, 0.15) is 57.6 Å². The van der Waals surface area contributed by atoms with Gasteiger partial charge >= 0.3 is 36.4 Å². The van der Waals surface area contributed by atoms with E-state index in [1.54, 1.807) is 115 Å². The van der Waals surface area contributed by atoms with Crippen LogP contribution in [0.1, 0.15) is 175 Å². The Morgan fingerprint density at radius 2 is 1.13 bits per heavy atom. The molecule has 2 aromatic carbocycles. The normalized spacial score (nSPS) is 13.9. The van der Waals surface area contributed by atoms with Crippen molar-refractivity contribution in [3.63, 3.8) is 0 Å². The lowest BCUT2D eigenvalue weighted by molar-refractivity contribution is -0.148. The Hall–Kier alpha value is -6.60. The Kier molecular flexibility index (Phi) is 23.2. The van der Waals surface area contributed by atoms with Gasteiger partial charge in [0, 0.05) is 31.7 Å². The third kappa shape index (κ3) is 25.9. The molecule has 0 saturated carbocycles. The number of unbranched alkanes of at least 4 members (excludes halogenated alkanes) is 5. The van der Waals surface area contributed by atoms with Crippen LogP contribution in [0.4, 0.5) is 24.0 Å². The number of fused-ring (bicyclic) bond motifs is 1. The summed E-state index contributed by atoms with van der Waals surface area (Å²) in [5.41, 5.74) is -4.32. The zero-order valence-electron chi connectivity index (χ0n) is 49.3. The highest BCUT2D eigenvalue weighted by atomic mass is 16.6. The van der Waals surface area contributed by atoms with Crippen molar-refractivity contribution in [2.75, 3.05) is 39.3 Å². The first kappa shape index (κ1) is 64.7. The molecule has 0 bridgehead atoms. The number of amides is 5. The zero-order chi connectivity index (χ0) is 58.2. The van der Waals surface area contributed by atoms with Gasteiger partial charge in [-0.25, -0.2) is 38.6 Å². The van der Waals surface area contributed by atoms with Gasteiger partial charge < -0.3 is 38.5 Å². The summed E-state index contributed by atoms with van der Waals surface area (Å²) in [5.74, 6) is 0.178. The second-order valence-electron chi connectivity index (χ2n) is 24.7. The second kappa shape index (κ2) is 27.6. The lowest BCUT2D eigenvalue weighted by Crippen LogP contribution is -2.53. The van der Waals surface area contributed by atoms with Crippen molar-refractivity contribution in [2.24, 2.45) is 9.98 Å². The third-order valence-corrected chi connectivity index (χ3v) is 10.0.